The number of fused-ring (bicyclic) bond motifs is 6. The molecule has 0 bridgehead atoms. The molecular weight excluding hydrogens is 879 g/mol. The van der Waals surface area contributed by atoms with Crippen LogP contribution in [0.4, 0.5) is 5.69 Å². The fourth-order valence-corrected chi connectivity index (χ4v) is 10.3. The Morgan fingerprint density at radius 1 is 0.361 bits per heavy atom. The van der Waals surface area contributed by atoms with Crippen LogP contribution in [0.3, 0.4) is 0 Å². The molecule has 13 rings (SSSR count). The average Bonchev–Trinajstić information content (AvgIpc) is 3.97. The third kappa shape index (κ3) is 7.08. The Kier molecular flexibility index (Phi) is 10.1. The summed E-state index contributed by atoms with van der Waals surface area (Å²) in [7, 11) is 0. The number of benzene rings is 10. The van der Waals surface area contributed by atoms with Gasteiger partial charge < -0.3 is 9.13 Å². The van der Waals surface area contributed by atoms with Crippen molar-refractivity contribution < 1.29 is 0 Å². The minimum Gasteiger partial charge on any atom is -0.309 e. The van der Waals surface area contributed by atoms with Crippen LogP contribution in [0.1, 0.15) is 5.56 Å². The summed E-state index contributed by atoms with van der Waals surface area (Å²) in [5.74, 6) is 1.66. The molecule has 0 fully saturated rings. The van der Waals surface area contributed by atoms with E-state index >= 15 is 0 Å². The summed E-state index contributed by atoms with van der Waals surface area (Å²) in [5.41, 5.74) is 15.5. The molecule has 3 heterocycles. The normalized spacial score (nSPS) is 11.3. The number of aromatic nitrogens is 5. The van der Waals surface area contributed by atoms with Gasteiger partial charge in [0.25, 0.3) is 0 Å². The van der Waals surface area contributed by atoms with Crippen molar-refractivity contribution in [3.63, 3.8) is 0 Å². The van der Waals surface area contributed by atoms with E-state index < -0.39 is 0 Å². The van der Waals surface area contributed by atoms with E-state index in [-0.39, 0.29) is 0 Å². The largest absolute Gasteiger partial charge is 0.309 e. The summed E-state index contributed by atoms with van der Waals surface area (Å²) in [6.45, 7) is 8.02. The highest BCUT2D eigenvalue weighted by atomic mass is 15.1. The van der Waals surface area contributed by atoms with Gasteiger partial charge >= 0.3 is 0 Å². The lowest BCUT2D eigenvalue weighted by Gasteiger charge is -2.17. The Labute approximate surface area is 415 Å². The second-order valence-corrected chi connectivity index (χ2v) is 17.8. The van der Waals surface area contributed by atoms with E-state index in [4.69, 9.17) is 21.5 Å². The zero-order chi connectivity index (χ0) is 48.1. The first kappa shape index (κ1) is 41.9. The van der Waals surface area contributed by atoms with Crippen LogP contribution in [0.5, 0.6) is 0 Å². The van der Waals surface area contributed by atoms with E-state index in [2.05, 4.69) is 147 Å². The van der Waals surface area contributed by atoms with Crippen molar-refractivity contribution in [2.75, 3.05) is 0 Å². The Morgan fingerprint density at radius 3 is 1.56 bits per heavy atom. The van der Waals surface area contributed by atoms with Gasteiger partial charge in [0.2, 0.25) is 0 Å². The SMILES string of the molecule is [C-]#[N+]c1ccccc1-c1ccc2c(c1)c1cc(-c3ccccc3C#N)ccc1n2-c1ccc(-c2ccc3c4ccccc4n(-c4ccccc4)c3c2)cc1-c1nc(-c2ccccc2)nc(-c2ccccc2)n1. The molecule has 0 saturated heterocycles. The Balaban J connectivity index is 1.10. The molecule has 7 heteroatoms. The Bertz CT molecular complexity index is 4180. The van der Waals surface area contributed by atoms with Gasteiger partial charge in [-0.2, -0.15) is 5.26 Å². The molecule has 0 unspecified atom stereocenters. The predicted octanol–water partition coefficient (Wildman–Crippen LogP) is 16.5. The molecule has 0 radical (unpaired) electrons. The van der Waals surface area contributed by atoms with Crippen LogP contribution < -0.4 is 0 Å². The van der Waals surface area contributed by atoms with Gasteiger partial charge in [0.1, 0.15) is 0 Å². The van der Waals surface area contributed by atoms with Crippen molar-refractivity contribution in [3.05, 3.63) is 254 Å². The van der Waals surface area contributed by atoms with Crippen LogP contribution in [-0.4, -0.2) is 24.1 Å². The molecule has 0 aliphatic rings. The molecule has 13 aromatic rings. The summed E-state index contributed by atoms with van der Waals surface area (Å²) < 4.78 is 4.65. The maximum Gasteiger partial charge on any atom is 0.194 e. The number of hydrogen-bond acceptors (Lipinski definition) is 4. The smallest absolute Gasteiger partial charge is 0.194 e. The molecule has 0 N–H and O–H groups in total. The molecule has 7 nitrogen and oxygen atoms in total. The van der Waals surface area contributed by atoms with Crippen LogP contribution in [0, 0.1) is 17.9 Å². The fraction of sp³-hybridized carbons (Fsp3) is 0. The second kappa shape index (κ2) is 17.4. The van der Waals surface area contributed by atoms with E-state index in [0.29, 0.717) is 28.7 Å². The predicted molar refractivity (Wildman–Crippen MR) is 292 cm³/mol. The summed E-state index contributed by atoms with van der Waals surface area (Å²) in [5, 5.41) is 14.6. The van der Waals surface area contributed by atoms with Crippen molar-refractivity contribution in [2.24, 2.45) is 0 Å². The highest BCUT2D eigenvalue weighted by molar-refractivity contribution is 6.13. The van der Waals surface area contributed by atoms with Gasteiger partial charge in [0, 0.05) is 43.9 Å². The molecular formula is C65H39N7. The van der Waals surface area contributed by atoms with Crippen molar-refractivity contribution in [2.45, 2.75) is 0 Å². The topological polar surface area (TPSA) is 76.7 Å². The molecule has 334 valence electrons. The highest BCUT2D eigenvalue weighted by Gasteiger charge is 2.23. The number of nitriles is 1. The van der Waals surface area contributed by atoms with Crippen LogP contribution in [0.15, 0.2) is 237 Å². The maximum atomic E-state index is 10.2. The third-order valence-electron chi connectivity index (χ3n) is 13.7. The molecule has 0 aliphatic heterocycles. The van der Waals surface area contributed by atoms with E-state index in [1.807, 2.05) is 109 Å². The lowest BCUT2D eigenvalue weighted by molar-refractivity contribution is 1.06. The highest BCUT2D eigenvalue weighted by Crippen LogP contribution is 2.43. The first-order valence-electron chi connectivity index (χ1n) is 23.8. The van der Waals surface area contributed by atoms with Crippen LogP contribution in [-0.2, 0) is 0 Å². The number of hydrogen-bond donors (Lipinski definition) is 0. The van der Waals surface area contributed by atoms with Gasteiger partial charge in [-0.15, -0.1) is 0 Å². The van der Waals surface area contributed by atoms with Gasteiger partial charge in [-0.05, 0) is 100 Å². The molecule has 3 aromatic heterocycles. The maximum absolute atomic E-state index is 10.2. The summed E-state index contributed by atoms with van der Waals surface area (Å²) >= 11 is 0. The van der Waals surface area contributed by atoms with E-state index in [0.717, 1.165) is 94.3 Å². The third-order valence-corrected chi connectivity index (χ3v) is 13.7. The average molecular weight is 918 g/mol. The van der Waals surface area contributed by atoms with Gasteiger partial charge in [0.15, 0.2) is 23.2 Å². The van der Waals surface area contributed by atoms with E-state index in [9.17, 15) is 5.26 Å². The zero-order valence-electron chi connectivity index (χ0n) is 38.6. The van der Waals surface area contributed by atoms with Crippen molar-refractivity contribution in [1.82, 2.24) is 24.1 Å². The second-order valence-electron chi connectivity index (χ2n) is 17.8. The monoisotopic (exact) mass is 917 g/mol. The number of rotatable bonds is 8. The first-order chi connectivity index (χ1) is 35.6. The van der Waals surface area contributed by atoms with Gasteiger partial charge in [-0.25, -0.2) is 19.8 Å². The summed E-state index contributed by atoms with van der Waals surface area (Å²) in [6.07, 6.45) is 0. The fourth-order valence-electron chi connectivity index (χ4n) is 10.3. The minimum atomic E-state index is 0.524. The minimum absolute atomic E-state index is 0.524. The van der Waals surface area contributed by atoms with Crippen molar-refractivity contribution >= 4 is 49.3 Å². The van der Waals surface area contributed by atoms with Crippen LogP contribution >= 0.6 is 0 Å². The lowest BCUT2D eigenvalue weighted by Crippen LogP contribution is -2.04. The first-order valence-corrected chi connectivity index (χ1v) is 23.8. The molecule has 0 amide bonds. The van der Waals surface area contributed by atoms with Crippen LogP contribution in [0.25, 0.3) is 127 Å². The quantitative estimate of drug-likeness (QED) is 0.142. The molecule has 0 saturated carbocycles. The number of para-hydroxylation sites is 3. The Morgan fingerprint density at radius 2 is 0.875 bits per heavy atom. The zero-order valence-corrected chi connectivity index (χ0v) is 38.6. The summed E-state index contributed by atoms with van der Waals surface area (Å²) in [6, 6.07) is 83.4. The van der Waals surface area contributed by atoms with E-state index in [1.54, 1.807) is 0 Å². The van der Waals surface area contributed by atoms with Crippen molar-refractivity contribution in [3.8, 4) is 85.0 Å². The number of nitrogens with zero attached hydrogens (tertiary/aromatic N) is 7. The molecule has 0 spiro atoms. The van der Waals surface area contributed by atoms with Gasteiger partial charge in [-0.3, -0.25) is 0 Å². The standard InChI is InChI=1S/C65H39N7/c1-67-57-27-15-13-25-51(57)47-32-36-60-55(39-47)54-38-46(50-24-12-11-21-48(50)41-66)31-35-59(54)72(60)61-34-30-44(45-29-33-53-52-26-14-16-28-58(52)71(62(53)40-45)49-22-9-4-10-23-49)37-56(61)65-69-63(42-17-5-2-6-18-42)68-64(70-65)43-19-7-3-8-20-43/h2-40H. The summed E-state index contributed by atoms with van der Waals surface area (Å²) in [4.78, 5) is 19.7. The van der Waals surface area contributed by atoms with Crippen molar-refractivity contribution in [1.29, 1.82) is 5.26 Å². The van der Waals surface area contributed by atoms with E-state index in [1.165, 1.54) is 10.8 Å². The van der Waals surface area contributed by atoms with Gasteiger partial charge in [0.05, 0.1) is 46.0 Å². The molecule has 72 heavy (non-hydrogen) atoms. The van der Waals surface area contributed by atoms with Crippen LogP contribution in [0.2, 0.25) is 0 Å². The lowest BCUT2D eigenvalue weighted by atomic mass is 9.97. The van der Waals surface area contributed by atoms with Gasteiger partial charge in [-0.1, -0.05) is 170 Å². The Hall–Kier alpha value is -10.2. The molecule has 10 aromatic carbocycles. The molecule has 0 atom stereocenters. The molecule has 0 aliphatic carbocycles.